The van der Waals surface area contributed by atoms with Gasteiger partial charge in [0.15, 0.2) is 11.5 Å². The summed E-state index contributed by atoms with van der Waals surface area (Å²) < 4.78 is 19.3. The van der Waals surface area contributed by atoms with Crippen molar-refractivity contribution >= 4 is 23.7 Å². The Morgan fingerprint density at radius 1 is 1.06 bits per heavy atom. The van der Waals surface area contributed by atoms with E-state index >= 15 is 0 Å². The Hall–Kier alpha value is -3.46. The third-order valence-electron chi connectivity index (χ3n) is 5.83. The lowest BCUT2D eigenvalue weighted by Crippen LogP contribution is -2.29. The molecule has 1 aromatic heterocycles. The minimum atomic E-state index is -0.524. The van der Waals surface area contributed by atoms with E-state index in [2.05, 4.69) is 29.4 Å². The van der Waals surface area contributed by atoms with Crippen molar-refractivity contribution in [3.8, 4) is 11.5 Å². The minimum absolute atomic E-state index is 0.277. The molecular formula is C27H32N4O4S. The van der Waals surface area contributed by atoms with Gasteiger partial charge in [0.25, 0.3) is 0 Å². The summed E-state index contributed by atoms with van der Waals surface area (Å²) in [5.41, 5.74) is 4.27. The van der Waals surface area contributed by atoms with Crippen molar-refractivity contribution in [1.29, 1.82) is 0 Å². The molecule has 1 aliphatic rings. The highest BCUT2D eigenvalue weighted by Crippen LogP contribution is 2.40. The topological polar surface area (TPSA) is 87.5 Å². The van der Waals surface area contributed by atoms with Crippen molar-refractivity contribution in [3.63, 3.8) is 0 Å². The van der Waals surface area contributed by atoms with E-state index in [0.717, 1.165) is 16.9 Å². The number of anilines is 1. The van der Waals surface area contributed by atoms with Gasteiger partial charge in [-0.1, -0.05) is 49.0 Å². The molecule has 0 spiro atoms. The van der Waals surface area contributed by atoms with E-state index in [1.807, 2.05) is 51.1 Å². The Balaban J connectivity index is 1.74. The average molecular weight is 509 g/mol. The molecule has 1 N–H and O–H groups in total. The fourth-order valence-electron chi connectivity index (χ4n) is 4.11. The summed E-state index contributed by atoms with van der Waals surface area (Å²) >= 11 is 1.54. The van der Waals surface area contributed by atoms with Crippen LogP contribution in [0.4, 0.5) is 5.95 Å². The van der Waals surface area contributed by atoms with Crippen LogP contribution in [0.3, 0.4) is 0 Å². The molecule has 1 unspecified atom stereocenters. The largest absolute Gasteiger partial charge is 0.490 e. The number of aryl methyl sites for hydroxylation is 1. The number of carbonyl (C=O) groups is 1. The number of rotatable bonds is 10. The van der Waals surface area contributed by atoms with E-state index in [4.69, 9.17) is 19.3 Å². The van der Waals surface area contributed by atoms with Crippen LogP contribution in [0.15, 0.2) is 58.9 Å². The number of hydrogen-bond acceptors (Lipinski definition) is 8. The summed E-state index contributed by atoms with van der Waals surface area (Å²) in [6, 6.07) is 13.3. The maximum Gasteiger partial charge on any atom is 0.338 e. The summed E-state index contributed by atoms with van der Waals surface area (Å²) in [6.45, 7) is 10.9. The number of nitrogens with zero attached hydrogens (tertiary/aromatic N) is 3. The van der Waals surface area contributed by atoms with Gasteiger partial charge < -0.3 is 19.5 Å². The number of carbonyl (C=O) groups excluding carboxylic acids is 1. The SMILES string of the molecule is CCOC(=O)C1=C(C)Nc2nc(SCC)nn2C1c1ccc(OCc2ccccc2C)c(OCC)c1. The first-order valence-electron chi connectivity index (χ1n) is 12.1. The monoisotopic (exact) mass is 508 g/mol. The Kier molecular flexibility index (Phi) is 8.20. The molecule has 0 fully saturated rings. The fourth-order valence-corrected chi connectivity index (χ4v) is 4.67. The molecule has 9 heteroatoms. The molecule has 0 aliphatic carbocycles. The number of aromatic nitrogens is 3. The average Bonchev–Trinajstić information content (AvgIpc) is 3.25. The van der Waals surface area contributed by atoms with Crippen molar-refractivity contribution in [2.75, 3.05) is 24.3 Å². The molecule has 0 radical (unpaired) electrons. The molecular weight excluding hydrogens is 476 g/mol. The van der Waals surface area contributed by atoms with Gasteiger partial charge in [-0.2, -0.15) is 4.98 Å². The first-order valence-corrected chi connectivity index (χ1v) is 13.1. The van der Waals surface area contributed by atoms with E-state index in [-0.39, 0.29) is 6.61 Å². The van der Waals surface area contributed by atoms with Crippen LogP contribution in [0, 0.1) is 6.92 Å². The van der Waals surface area contributed by atoms with Gasteiger partial charge in [-0.05, 0) is 62.3 Å². The second-order valence-electron chi connectivity index (χ2n) is 8.24. The predicted molar refractivity (Wildman–Crippen MR) is 141 cm³/mol. The van der Waals surface area contributed by atoms with Crippen LogP contribution in [0.2, 0.25) is 0 Å². The molecule has 2 heterocycles. The molecule has 1 atom stereocenters. The highest BCUT2D eigenvalue weighted by atomic mass is 32.2. The second-order valence-corrected chi connectivity index (χ2v) is 9.47. The molecule has 0 saturated carbocycles. The lowest BCUT2D eigenvalue weighted by atomic mass is 9.95. The van der Waals surface area contributed by atoms with Gasteiger partial charge in [0.2, 0.25) is 11.1 Å². The minimum Gasteiger partial charge on any atom is -0.490 e. The molecule has 4 rings (SSSR count). The van der Waals surface area contributed by atoms with Crippen molar-refractivity contribution in [1.82, 2.24) is 14.8 Å². The van der Waals surface area contributed by atoms with Crippen LogP contribution in [0.1, 0.15) is 50.4 Å². The van der Waals surface area contributed by atoms with Gasteiger partial charge in [0, 0.05) is 5.70 Å². The van der Waals surface area contributed by atoms with Crippen molar-refractivity contribution < 1.29 is 19.0 Å². The summed E-state index contributed by atoms with van der Waals surface area (Å²) in [7, 11) is 0. The van der Waals surface area contributed by atoms with Gasteiger partial charge in [-0.25, -0.2) is 9.48 Å². The molecule has 1 aliphatic heterocycles. The van der Waals surface area contributed by atoms with Gasteiger partial charge in [-0.3, -0.25) is 0 Å². The van der Waals surface area contributed by atoms with Gasteiger partial charge >= 0.3 is 5.97 Å². The number of thioether (sulfide) groups is 1. The first-order chi connectivity index (χ1) is 17.5. The number of benzene rings is 2. The highest BCUT2D eigenvalue weighted by Gasteiger charge is 2.35. The molecule has 0 bridgehead atoms. The molecule has 2 aromatic carbocycles. The standard InChI is InChI=1S/C27H32N4O4S/c1-6-33-22-15-19(13-14-21(22)35-16-20-12-10-9-11-17(20)4)24-23(25(32)34-7-2)18(5)28-26-29-27(36-8-3)30-31(24)26/h9-15,24H,6-8,16H2,1-5H3,(H,28,29,30). The van der Waals surface area contributed by atoms with E-state index in [9.17, 15) is 4.79 Å². The Morgan fingerprint density at radius 3 is 2.58 bits per heavy atom. The highest BCUT2D eigenvalue weighted by molar-refractivity contribution is 7.99. The molecule has 0 amide bonds. The Bertz CT molecular complexity index is 1270. The Labute approximate surface area is 216 Å². The van der Waals surface area contributed by atoms with Gasteiger partial charge in [-0.15, -0.1) is 5.10 Å². The number of allylic oxidation sites excluding steroid dienone is 1. The third-order valence-corrected chi connectivity index (χ3v) is 6.55. The normalized spacial score (nSPS) is 14.8. The second kappa shape index (κ2) is 11.5. The Morgan fingerprint density at radius 2 is 1.86 bits per heavy atom. The zero-order valence-corrected chi connectivity index (χ0v) is 22.1. The number of ether oxygens (including phenoxy) is 3. The van der Waals surface area contributed by atoms with E-state index < -0.39 is 12.0 Å². The van der Waals surface area contributed by atoms with Crippen LogP contribution in [0.5, 0.6) is 11.5 Å². The quantitative estimate of drug-likeness (QED) is 0.283. The van der Waals surface area contributed by atoms with Crippen LogP contribution >= 0.6 is 11.8 Å². The summed E-state index contributed by atoms with van der Waals surface area (Å²) in [6.07, 6.45) is 0. The zero-order valence-electron chi connectivity index (χ0n) is 21.3. The van der Waals surface area contributed by atoms with Crippen LogP contribution in [-0.4, -0.2) is 39.7 Å². The molecule has 3 aromatic rings. The molecule has 36 heavy (non-hydrogen) atoms. The summed E-state index contributed by atoms with van der Waals surface area (Å²) in [5.74, 6) is 2.27. The number of nitrogens with one attached hydrogen (secondary N) is 1. The van der Waals surface area contributed by atoms with Crippen molar-refractivity contribution in [2.24, 2.45) is 0 Å². The first kappa shape index (κ1) is 25.6. The number of fused-ring (bicyclic) bond motifs is 1. The van der Waals surface area contributed by atoms with Crippen LogP contribution in [-0.2, 0) is 16.1 Å². The van der Waals surface area contributed by atoms with Crippen LogP contribution < -0.4 is 14.8 Å². The lowest BCUT2D eigenvalue weighted by Gasteiger charge is -2.28. The third kappa shape index (κ3) is 5.36. The van der Waals surface area contributed by atoms with E-state index in [1.54, 1.807) is 23.4 Å². The van der Waals surface area contributed by atoms with E-state index in [0.29, 0.717) is 47.1 Å². The summed E-state index contributed by atoms with van der Waals surface area (Å²) in [4.78, 5) is 17.7. The number of hydrogen-bond donors (Lipinski definition) is 1. The van der Waals surface area contributed by atoms with Gasteiger partial charge in [0.1, 0.15) is 12.6 Å². The lowest BCUT2D eigenvalue weighted by molar-refractivity contribution is -0.139. The van der Waals surface area contributed by atoms with Gasteiger partial charge in [0.05, 0.1) is 18.8 Å². The van der Waals surface area contributed by atoms with Crippen molar-refractivity contribution in [3.05, 3.63) is 70.4 Å². The van der Waals surface area contributed by atoms with Crippen LogP contribution in [0.25, 0.3) is 0 Å². The summed E-state index contributed by atoms with van der Waals surface area (Å²) in [5, 5.41) is 8.57. The maximum atomic E-state index is 13.1. The molecule has 0 saturated heterocycles. The maximum absolute atomic E-state index is 13.1. The van der Waals surface area contributed by atoms with Crippen molar-refractivity contribution in [2.45, 2.75) is 52.4 Å². The zero-order chi connectivity index (χ0) is 25.7. The predicted octanol–water partition coefficient (Wildman–Crippen LogP) is 5.53. The molecule has 190 valence electrons. The number of esters is 1. The fraction of sp³-hybridized carbons (Fsp3) is 0.370. The molecule has 8 nitrogen and oxygen atoms in total. The van der Waals surface area contributed by atoms with E-state index in [1.165, 1.54) is 5.56 Å². The smallest absolute Gasteiger partial charge is 0.338 e.